The lowest BCUT2D eigenvalue weighted by atomic mass is 10.2. The van der Waals surface area contributed by atoms with E-state index in [4.69, 9.17) is 4.74 Å². The molecule has 0 bridgehead atoms. The lowest BCUT2D eigenvalue weighted by Gasteiger charge is -2.19. The van der Waals surface area contributed by atoms with Gasteiger partial charge in [0.2, 0.25) is 0 Å². The number of ether oxygens (including phenoxy) is 1. The van der Waals surface area contributed by atoms with Gasteiger partial charge >= 0.3 is 0 Å². The Bertz CT molecular complexity index is 352. The first-order valence-corrected chi connectivity index (χ1v) is 7.23. The predicted octanol–water partition coefficient (Wildman–Crippen LogP) is 3.75. The highest BCUT2D eigenvalue weighted by atomic mass is 79.9. The summed E-state index contributed by atoms with van der Waals surface area (Å²) in [7, 11) is 0. The number of hydrogen-bond acceptors (Lipinski definition) is 2. The van der Waals surface area contributed by atoms with Crippen LogP contribution in [0.4, 0.5) is 0 Å². The third-order valence-electron chi connectivity index (χ3n) is 2.92. The molecule has 17 heavy (non-hydrogen) atoms. The molecule has 0 amide bonds. The molecule has 0 saturated heterocycles. The number of benzene rings is 1. The van der Waals surface area contributed by atoms with Gasteiger partial charge in [0.25, 0.3) is 0 Å². The van der Waals surface area contributed by atoms with Crippen molar-refractivity contribution in [3.8, 4) is 5.75 Å². The van der Waals surface area contributed by atoms with Crippen molar-refractivity contribution in [1.29, 1.82) is 0 Å². The zero-order valence-corrected chi connectivity index (χ0v) is 11.9. The van der Waals surface area contributed by atoms with Gasteiger partial charge in [-0.3, -0.25) is 0 Å². The molecule has 94 valence electrons. The first-order valence-electron chi connectivity index (χ1n) is 6.43. The van der Waals surface area contributed by atoms with Crippen LogP contribution in [0.25, 0.3) is 0 Å². The molecule has 1 N–H and O–H groups in total. The molecule has 2 rings (SSSR count). The summed E-state index contributed by atoms with van der Waals surface area (Å²) in [6.07, 6.45) is 5.21. The predicted molar refractivity (Wildman–Crippen MR) is 74.5 cm³/mol. The molecular formula is C14H20BrNO. The summed E-state index contributed by atoms with van der Waals surface area (Å²) >= 11 is 3.47. The van der Waals surface area contributed by atoms with Gasteiger partial charge in [0.05, 0.1) is 0 Å². The molecule has 0 heterocycles. The van der Waals surface area contributed by atoms with Crippen molar-refractivity contribution in [2.45, 2.75) is 44.8 Å². The van der Waals surface area contributed by atoms with E-state index in [1.807, 2.05) is 24.3 Å². The molecule has 1 aliphatic carbocycles. The van der Waals surface area contributed by atoms with Gasteiger partial charge in [-0.1, -0.05) is 35.3 Å². The van der Waals surface area contributed by atoms with Crippen LogP contribution in [-0.2, 0) is 0 Å². The second-order valence-electron chi connectivity index (χ2n) is 4.67. The Kier molecular flexibility index (Phi) is 4.86. The van der Waals surface area contributed by atoms with Gasteiger partial charge in [-0.2, -0.15) is 0 Å². The van der Waals surface area contributed by atoms with Crippen LogP contribution < -0.4 is 10.1 Å². The minimum atomic E-state index is 0.287. The van der Waals surface area contributed by atoms with Crippen LogP contribution >= 0.6 is 15.9 Å². The number of rotatable bonds is 7. The number of hydrogen-bond donors (Lipinski definition) is 1. The zero-order chi connectivity index (χ0) is 12.1. The second-order valence-corrected chi connectivity index (χ2v) is 5.58. The van der Waals surface area contributed by atoms with Crippen LogP contribution in [0.5, 0.6) is 5.75 Å². The van der Waals surface area contributed by atoms with E-state index in [1.54, 1.807) is 0 Å². The van der Waals surface area contributed by atoms with Crippen molar-refractivity contribution in [2.75, 3.05) is 6.54 Å². The minimum Gasteiger partial charge on any atom is -0.489 e. The quantitative estimate of drug-likeness (QED) is 0.828. The van der Waals surface area contributed by atoms with Crippen molar-refractivity contribution in [3.05, 3.63) is 28.7 Å². The maximum atomic E-state index is 6.02. The molecule has 1 saturated carbocycles. The van der Waals surface area contributed by atoms with E-state index >= 15 is 0 Å². The van der Waals surface area contributed by atoms with Gasteiger partial charge in [0, 0.05) is 17.1 Å². The van der Waals surface area contributed by atoms with Gasteiger partial charge in [-0.15, -0.1) is 0 Å². The molecule has 0 aromatic heterocycles. The van der Waals surface area contributed by atoms with Crippen LogP contribution in [-0.4, -0.2) is 18.7 Å². The lowest BCUT2D eigenvalue weighted by Crippen LogP contribution is -2.32. The molecule has 0 spiro atoms. The molecule has 1 aromatic rings. The molecule has 1 atom stereocenters. The fraction of sp³-hybridized carbons (Fsp3) is 0.571. The molecule has 0 radical (unpaired) electrons. The summed E-state index contributed by atoms with van der Waals surface area (Å²) in [5.41, 5.74) is 0. The molecule has 1 aromatic carbocycles. The largest absolute Gasteiger partial charge is 0.489 e. The SMILES string of the molecule is CCCC(CNC1CC1)Oc1cccc(Br)c1. The van der Waals surface area contributed by atoms with E-state index in [0.29, 0.717) is 0 Å². The van der Waals surface area contributed by atoms with E-state index in [0.717, 1.165) is 35.7 Å². The summed E-state index contributed by atoms with van der Waals surface area (Å²) < 4.78 is 7.09. The molecule has 1 unspecified atom stereocenters. The van der Waals surface area contributed by atoms with E-state index in [-0.39, 0.29) is 6.10 Å². The standard InChI is InChI=1S/C14H20BrNO/c1-2-4-14(10-16-12-7-8-12)17-13-6-3-5-11(15)9-13/h3,5-6,9,12,14,16H,2,4,7-8,10H2,1H3. The van der Waals surface area contributed by atoms with Crippen LogP contribution in [0.15, 0.2) is 28.7 Å². The summed E-state index contributed by atoms with van der Waals surface area (Å²) in [6.45, 7) is 3.17. The summed E-state index contributed by atoms with van der Waals surface area (Å²) in [4.78, 5) is 0. The third kappa shape index (κ3) is 4.68. The van der Waals surface area contributed by atoms with Gasteiger partial charge in [0.15, 0.2) is 0 Å². The number of nitrogens with one attached hydrogen (secondary N) is 1. The first-order chi connectivity index (χ1) is 8.28. The Morgan fingerprint density at radius 1 is 1.47 bits per heavy atom. The van der Waals surface area contributed by atoms with Crippen molar-refractivity contribution >= 4 is 15.9 Å². The molecular weight excluding hydrogens is 278 g/mol. The zero-order valence-electron chi connectivity index (χ0n) is 10.3. The van der Waals surface area contributed by atoms with Crippen molar-refractivity contribution in [2.24, 2.45) is 0 Å². The van der Waals surface area contributed by atoms with Crippen molar-refractivity contribution in [1.82, 2.24) is 5.32 Å². The topological polar surface area (TPSA) is 21.3 Å². The monoisotopic (exact) mass is 297 g/mol. The van der Waals surface area contributed by atoms with E-state index < -0.39 is 0 Å². The highest BCUT2D eigenvalue weighted by Crippen LogP contribution is 2.21. The average molecular weight is 298 g/mol. The number of halogens is 1. The van der Waals surface area contributed by atoms with E-state index in [9.17, 15) is 0 Å². The van der Waals surface area contributed by atoms with Crippen LogP contribution in [0.1, 0.15) is 32.6 Å². The van der Waals surface area contributed by atoms with Gasteiger partial charge < -0.3 is 10.1 Å². The van der Waals surface area contributed by atoms with Crippen molar-refractivity contribution in [3.63, 3.8) is 0 Å². The minimum absolute atomic E-state index is 0.287. The lowest BCUT2D eigenvalue weighted by molar-refractivity contribution is 0.186. The van der Waals surface area contributed by atoms with Gasteiger partial charge in [0.1, 0.15) is 11.9 Å². The van der Waals surface area contributed by atoms with Crippen LogP contribution in [0, 0.1) is 0 Å². The fourth-order valence-corrected chi connectivity index (χ4v) is 2.22. The Balaban J connectivity index is 1.86. The molecule has 1 fully saturated rings. The summed E-state index contributed by atoms with van der Waals surface area (Å²) in [5, 5.41) is 3.54. The first kappa shape index (κ1) is 12.9. The average Bonchev–Trinajstić information content (AvgIpc) is 3.10. The van der Waals surface area contributed by atoms with E-state index in [2.05, 4.69) is 28.2 Å². The highest BCUT2D eigenvalue weighted by molar-refractivity contribution is 9.10. The van der Waals surface area contributed by atoms with E-state index in [1.165, 1.54) is 12.8 Å². The Morgan fingerprint density at radius 3 is 2.94 bits per heavy atom. The van der Waals surface area contributed by atoms with Gasteiger partial charge in [-0.05, 0) is 37.5 Å². The Labute approximate surface area is 112 Å². The second kappa shape index (κ2) is 6.41. The Hall–Kier alpha value is -0.540. The maximum Gasteiger partial charge on any atom is 0.120 e. The third-order valence-corrected chi connectivity index (χ3v) is 3.41. The fourth-order valence-electron chi connectivity index (χ4n) is 1.84. The van der Waals surface area contributed by atoms with Crippen LogP contribution in [0.2, 0.25) is 0 Å². The molecule has 2 nitrogen and oxygen atoms in total. The normalized spacial score (nSPS) is 16.8. The Morgan fingerprint density at radius 2 is 2.29 bits per heavy atom. The highest BCUT2D eigenvalue weighted by Gasteiger charge is 2.22. The summed E-state index contributed by atoms with van der Waals surface area (Å²) in [6, 6.07) is 8.83. The van der Waals surface area contributed by atoms with Gasteiger partial charge in [-0.25, -0.2) is 0 Å². The molecule has 3 heteroatoms. The molecule has 0 aliphatic heterocycles. The maximum absolute atomic E-state index is 6.02. The van der Waals surface area contributed by atoms with Crippen molar-refractivity contribution < 1.29 is 4.74 Å². The summed E-state index contributed by atoms with van der Waals surface area (Å²) in [5.74, 6) is 0.954. The smallest absolute Gasteiger partial charge is 0.120 e. The van der Waals surface area contributed by atoms with Crippen LogP contribution in [0.3, 0.4) is 0 Å². The molecule has 1 aliphatic rings.